The van der Waals surface area contributed by atoms with E-state index >= 15 is 0 Å². The zero-order valence-corrected chi connectivity index (χ0v) is 10.3. The second kappa shape index (κ2) is 5.77. The third kappa shape index (κ3) is 2.90. The summed E-state index contributed by atoms with van der Waals surface area (Å²) in [4.78, 5) is 8.80. The van der Waals surface area contributed by atoms with E-state index in [2.05, 4.69) is 29.2 Å². The number of aromatic nitrogens is 2. The standard InChI is InChI=1S/C11H20N4O/c1-5-9(16-4)11-13-8(7(2)3)6-10(14-11)15-12/h6-7,9H,5,12H2,1-4H3,(H,13,14,15). The molecule has 1 unspecified atom stereocenters. The van der Waals surface area contributed by atoms with Crippen molar-refractivity contribution >= 4 is 5.82 Å². The molecule has 5 nitrogen and oxygen atoms in total. The van der Waals surface area contributed by atoms with Crippen LogP contribution < -0.4 is 11.3 Å². The molecule has 16 heavy (non-hydrogen) atoms. The zero-order valence-electron chi connectivity index (χ0n) is 10.3. The number of methoxy groups -OCH3 is 1. The molecule has 0 fully saturated rings. The molecular formula is C11H20N4O. The van der Waals surface area contributed by atoms with Crippen LogP contribution in [0.25, 0.3) is 0 Å². The van der Waals surface area contributed by atoms with E-state index < -0.39 is 0 Å². The Bertz CT molecular complexity index is 337. The van der Waals surface area contributed by atoms with Crippen molar-refractivity contribution in [2.45, 2.75) is 39.2 Å². The van der Waals surface area contributed by atoms with Gasteiger partial charge in [-0.1, -0.05) is 20.8 Å². The van der Waals surface area contributed by atoms with Gasteiger partial charge in [0.05, 0.1) is 0 Å². The predicted molar refractivity (Wildman–Crippen MR) is 64.0 cm³/mol. The maximum Gasteiger partial charge on any atom is 0.159 e. The van der Waals surface area contributed by atoms with Gasteiger partial charge in [-0.25, -0.2) is 15.8 Å². The van der Waals surface area contributed by atoms with Crippen LogP contribution in [0, 0.1) is 0 Å². The van der Waals surface area contributed by atoms with Gasteiger partial charge in [-0.15, -0.1) is 0 Å². The summed E-state index contributed by atoms with van der Waals surface area (Å²) < 4.78 is 5.33. The molecule has 0 aliphatic carbocycles. The fraction of sp³-hybridized carbons (Fsp3) is 0.636. The van der Waals surface area contributed by atoms with Gasteiger partial charge in [-0.3, -0.25) is 0 Å². The molecule has 1 rings (SSSR count). The first-order valence-electron chi connectivity index (χ1n) is 5.50. The van der Waals surface area contributed by atoms with Gasteiger partial charge in [0.1, 0.15) is 11.9 Å². The molecule has 0 amide bonds. The van der Waals surface area contributed by atoms with Gasteiger partial charge in [0.25, 0.3) is 0 Å². The molecule has 0 aliphatic rings. The molecule has 0 bridgehead atoms. The average molecular weight is 224 g/mol. The van der Waals surface area contributed by atoms with Crippen LogP contribution >= 0.6 is 0 Å². The minimum Gasteiger partial charge on any atom is -0.373 e. The minimum absolute atomic E-state index is 0.0780. The Labute approximate surface area is 96.4 Å². The minimum atomic E-state index is -0.0780. The summed E-state index contributed by atoms with van der Waals surface area (Å²) in [6.07, 6.45) is 0.757. The number of hydrogen-bond acceptors (Lipinski definition) is 5. The number of anilines is 1. The summed E-state index contributed by atoms with van der Waals surface area (Å²) in [6.45, 7) is 6.20. The van der Waals surface area contributed by atoms with Gasteiger partial charge in [0, 0.05) is 18.9 Å². The molecule has 0 spiro atoms. The Balaban J connectivity index is 3.12. The van der Waals surface area contributed by atoms with Crippen LogP contribution in [0.3, 0.4) is 0 Å². The molecular weight excluding hydrogens is 204 g/mol. The topological polar surface area (TPSA) is 73.1 Å². The summed E-state index contributed by atoms with van der Waals surface area (Å²) in [5.41, 5.74) is 3.53. The van der Waals surface area contributed by atoms with Crippen molar-refractivity contribution in [1.29, 1.82) is 0 Å². The lowest BCUT2D eigenvalue weighted by Crippen LogP contribution is -2.14. The SMILES string of the molecule is CCC(OC)c1nc(NN)cc(C(C)C)n1. The first kappa shape index (κ1) is 12.9. The van der Waals surface area contributed by atoms with Crippen molar-refractivity contribution in [3.8, 4) is 0 Å². The second-order valence-corrected chi connectivity index (χ2v) is 3.97. The highest BCUT2D eigenvalue weighted by Gasteiger charge is 2.14. The molecule has 1 aromatic rings. The van der Waals surface area contributed by atoms with Gasteiger partial charge in [-0.2, -0.15) is 0 Å². The summed E-state index contributed by atoms with van der Waals surface area (Å²) in [5, 5.41) is 0. The molecule has 0 radical (unpaired) electrons. The molecule has 1 heterocycles. The van der Waals surface area contributed by atoms with Crippen LogP contribution in [0.2, 0.25) is 0 Å². The quantitative estimate of drug-likeness (QED) is 0.591. The summed E-state index contributed by atoms with van der Waals surface area (Å²) in [5.74, 6) is 7.04. The van der Waals surface area contributed by atoms with Crippen LogP contribution in [-0.2, 0) is 4.74 Å². The number of ether oxygens (including phenoxy) is 1. The predicted octanol–water partition coefficient (Wildman–Crippen LogP) is 1.98. The molecule has 0 saturated heterocycles. The Morgan fingerprint density at radius 2 is 2.12 bits per heavy atom. The van der Waals surface area contributed by atoms with Crippen molar-refractivity contribution in [1.82, 2.24) is 9.97 Å². The third-order valence-electron chi connectivity index (χ3n) is 2.45. The van der Waals surface area contributed by atoms with Crippen LogP contribution in [0.4, 0.5) is 5.82 Å². The van der Waals surface area contributed by atoms with Gasteiger partial charge in [0.15, 0.2) is 5.82 Å². The van der Waals surface area contributed by atoms with Crippen LogP contribution in [0.1, 0.15) is 50.7 Å². The molecule has 5 heteroatoms. The molecule has 0 aliphatic heterocycles. The van der Waals surface area contributed by atoms with Gasteiger partial charge >= 0.3 is 0 Å². The molecule has 1 atom stereocenters. The van der Waals surface area contributed by atoms with Gasteiger partial charge in [-0.05, 0) is 12.3 Å². The Morgan fingerprint density at radius 1 is 1.44 bits per heavy atom. The zero-order chi connectivity index (χ0) is 12.1. The molecule has 90 valence electrons. The lowest BCUT2D eigenvalue weighted by molar-refractivity contribution is 0.0924. The van der Waals surface area contributed by atoms with Crippen molar-refractivity contribution in [3.05, 3.63) is 17.6 Å². The van der Waals surface area contributed by atoms with Crippen LogP contribution in [-0.4, -0.2) is 17.1 Å². The van der Waals surface area contributed by atoms with E-state index in [0.717, 1.165) is 12.1 Å². The monoisotopic (exact) mass is 224 g/mol. The fourth-order valence-electron chi connectivity index (χ4n) is 1.45. The fourth-order valence-corrected chi connectivity index (χ4v) is 1.45. The maximum absolute atomic E-state index is 5.39. The first-order chi connectivity index (χ1) is 7.62. The first-order valence-corrected chi connectivity index (χ1v) is 5.50. The van der Waals surface area contributed by atoms with Crippen molar-refractivity contribution in [3.63, 3.8) is 0 Å². The van der Waals surface area contributed by atoms with E-state index in [4.69, 9.17) is 10.6 Å². The Morgan fingerprint density at radius 3 is 2.56 bits per heavy atom. The van der Waals surface area contributed by atoms with Crippen molar-refractivity contribution < 1.29 is 4.74 Å². The smallest absolute Gasteiger partial charge is 0.159 e. The van der Waals surface area contributed by atoms with E-state index in [1.807, 2.05) is 13.0 Å². The molecule has 1 aromatic heterocycles. The molecule has 0 aromatic carbocycles. The van der Waals surface area contributed by atoms with E-state index in [1.165, 1.54) is 0 Å². The van der Waals surface area contributed by atoms with E-state index in [0.29, 0.717) is 17.6 Å². The van der Waals surface area contributed by atoms with E-state index in [9.17, 15) is 0 Å². The highest BCUT2D eigenvalue weighted by Crippen LogP contribution is 2.21. The summed E-state index contributed by atoms with van der Waals surface area (Å²) in [6, 6.07) is 1.86. The second-order valence-electron chi connectivity index (χ2n) is 3.97. The average Bonchev–Trinajstić information content (AvgIpc) is 2.30. The number of nitrogen functional groups attached to an aromatic ring is 1. The number of nitrogens with one attached hydrogen (secondary N) is 1. The summed E-state index contributed by atoms with van der Waals surface area (Å²) >= 11 is 0. The number of rotatable bonds is 5. The largest absolute Gasteiger partial charge is 0.373 e. The Hall–Kier alpha value is -1.20. The van der Waals surface area contributed by atoms with Crippen molar-refractivity contribution in [2.75, 3.05) is 12.5 Å². The lowest BCUT2D eigenvalue weighted by atomic mass is 10.1. The van der Waals surface area contributed by atoms with Gasteiger partial charge < -0.3 is 10.2 Å². The Kier molecular flexibility index (Phi) is 4.64. The molecule has 3 N–H and O–H groups in total. The van der Waals surface area contributed by atoms with Gasteiger partial charge in [0.2, 0.25) is 0 Å². The third-order valence-corrected chi connectivity index (χ3v) is 2.45. The highest BCUT2D eigenvalue weighted by atomic mass is 16.5. The number of hydrogen-bond donors (Lipinski definition) is 2. The van der Waals surface area contributed by atoms with Crippen molar-refractivity contribution in [2.24, 2.45) is 5.84 Å². The van der Waals surface area contributed by atoms with E-state index in [-0.39, 0.29) is 6.10 Å². The molecule has 0 saturated carbocycles. The maximum atomic E-state index is 5.39. The lowest BCUT2D eigenvalue weighted by Gasteiger charge is -2.15. The van der Waals surface area contributed by atoms with Crippen LogP contribution in [0.5, 0.6) is 0 Å². The number of nitrogens with zero attached hydrogens (tertiary/aromatic N) is 2. The number of nitrogens with two attached hydrogens (primary N) is 1. The van der Waals surface area contributed by atoms with Crippen LogP contribution in [0.15, 0.2) is 6.07 Å². The normalized spacial score (nSPS) is 12.9. The van der Waals surface area contributed by atoms with E-state index in [1.54, 1.807) is 7.11 Å². The summed E-state index contributed by atoms with van der Waals surface area (Å²) in [7, 11) is 1.66. The number of hydrazine groups is 1. The highest BCUT2D eigenvalue weighted by molar-refractivity contribution is 5.35.